The second kappa shape index (κ2) is 9.82. The van der Waals surface area contributed by atoms with E-state index in [0.717, 1.165) is 27.4 Å². The molecule has 0 radical (unpaired) electrons. The van der Waals surface area contributed by atoms with Gasteiger partial charge in [0.1, 0.15) is 0 Å². The van der Waals surface area contributed by atoms with Crippen LogP contribution in [0.25, 0.3) is 11.3 Å². The third-order valence-corrected chi connectivity index (χ3v) is 5.84. The van der Waals surface area contributed by atoms with E-state index in [4.69, 9.17) is 0 Å². The zero-order valence-corrected chi connectivity index (χ0v) is 20.1. The normalized spacial score (nSPS) is 12.9. The molecule has 0 unspecified atom stereocenters. The van der Waals surface area contributed by atoms with Gasteiger partial charge in [0.15, 0.2) is 0 Å². The van der Waals surface area contributed by atoms with Gasteiger partial charge in [-0.2, -0.15) is 0 Å². The van der Waals surface area contributed by atoms with Crippen LogP contribution in [-0.2, 0) is 9.59 Å². The highest BCUT2D eigenvalue weighted by Gasteiger charge is 2.29. The molecule has 2 N–H and O–H groups in total. The molecule has 9 nitrogen and oxygen atoms in total. The van der Waals surface area contributed by atoms with Gasteiger partial charge in [-0.1, -0.05) is 6.07 Å². The van der Waals surface area contributed by atoms with Crippen molar-refractivity contribution >= 4 is 40.7 Å². The van der Waals surface area contributed by atoms with Gasteiger partial charge in [-0.3, -0.25) is 19.4 Å². The van der Waals surface area contributed by atoms with Crippen molar-refractivity contribution < 1.29 is 14.4 Å². The van der Waals surface area contributed by atoms with Gasteiger partial charge in [-0.05, 0) is 74.0 Å². The number of pyridine rings is 1. The highest BCUT2D eigenvalue weighted by molar-refractivity contribution is 6.30. The topological polar surface area (TPSA) is 117 Å². The zero-order chi connectivity index (χ0) is 25.9. The average molecular weight is 491 g/mol. The van der Waals surface area contributed by atoms with Crippen LogP contribution >= 0.6 is 0 Å². The van der Waals surface area contributed by atoms with Crippen LogP contribution in [0.2, 0.25) is 0 Å². The number of carbonyl (C=O) groups is 3. The lowest BCUT2D eigenvalue weighted by Crippen LogP contribution is -2.30. The Hall–Kier alpha value is -5.18. The van der Waals surface area contributed by atoms with Crippen LogP contribution < -0.4 is 15.5 Å². The van der Waals surface area contributed by atoms with E-state index in [1.807, 2.05) is 31.2 Å². The van der Waals surface area contributed by atoms with Crippen molar-refractivity contribution in [2.45, 2.75) is 13.8 Å². The smallest absolute Gasteiger partial charge is 0.261 e. The molecule has 9 heteroatoms. The summed E-state index contributed by atoms with van der Waals surface area (Å²) < 4.78 is 0. The number of anilines is 4. The average Bonchev–Trinajstić information content (AvgIpc) is 3.17. The second-order valence-electron chi connectivity index (χ2n) is 8.47. The van der Waals surface area contributed by atoms with Crippen molar-refractivity contribution in [1.82, 2.24) is 15.0 Å². The monoisotopic (exact) mass is 490 g/mol. The molecule has 3 heterocycles. The van der Waals surface area contributed by atoms with Crippen molar-refractivity contribution in [1.29, 1.82) is 0 Å². The maximum Gasteiger partial charge on any atom is 0.261 e. The van der Waals surface area contributed by atoms with Crippen LogP contribution in [0.3, 0.4) is 0 Å². The molecule has 1 aliphatic rings. The molecular weight excluding hydrogens is 468 g/mol. The minimum absolute atomic E-state index is 0.329. The molecule has 0 saturated heterocycles. The second-order valence-corrected chi connectivity index (χ2v) is 8.47. The molecule has 1 aliphatic heterocycles. The van der Waals surface area contributed by atoms with E-state index < -0.39 is 5.91 Å². The van der Waals surface area contributed by atoms with Gasteiger partial charge in [-0.25, -0.2) is 14.9 Å². The minimum atomic E-state index is -0.394. The maximum absolute atomic E-state index is 12.9. The molecule has 0 fully saturated rings. The largest absolute Gasteiger partial charge is 0.324 e. The lowest BCUT2D eigenvalue weighted by Gasteiger charge is -2.15. The zero-order valence-electron chi connectivity index (χ0n) is 20.1. The molecule has 37 heavy (non-hydrogen) atoms. The molecule has 4 aromatic rings. The highest BCUT2D eigenvalue weighted by Crippen LogP contribution is 2.26. The Morgan fingerprint density at radius 3 is 2.46 bits per heavy atom. The van der Waals surface area contributed by atoms with Gasteiger partial charge in [0.2, 0.25) is 5.95 Å². The van der Waals surface area contributed by atoms with E-state index in [9.17, 15) is 14.4 Å². The van der Waals surface area contributed by atoms with Crippen molar-refractivity contribution in [3.63, 3.8) is 0 Å². The SMILES string of the molecule is CC1=CC(=O)N(c2ccc(C(=O)Nc3ccc(C)c(Nc4nccc(-c5cccnc5)n4)c3)cc2)C1=O. The van der Waals surface area contributed by atoms with Gasteiger partial charge in [0.25, 0.3) is 17.7 Å². The molecule has 0 bridgehead atoms. The Balaban J connectivity index is 1.30. The predicted molar refractivity (Wildman–Crippen MR) is 140 cm³/mol. The molecule has 0 aliphatic carbocycles. The summed E-state index contributed by atoms with van der Waals surface area (Å²) in [6, 6.07) is 17.4. The summed E-state index contributed by atoms with van der Waals surface area (Å²) in [5, 5.41) is 6.09. The lowest BCUT2D eigenvalue weighted by molar-refractivity contribution is -0.120. The van der Waals surface area contributed by atoms with Crippen LogP contribution in [0.4, 0.5) is 23.0 Å². The first kappa shape index (κ1) is 23.6. The summed E-state index contributed by atoms with van der Waals surface area (Å²) in [5.74, 6) is -0.671. The number of benzene rings is 2. The van der Waals surface area contributed by atoms with Crippen LogP contribution in [0.15, 0.2) is 90.9 Å². The van der Waals surface area contributed by atoms with Gasteiger partial charge >= 0.3 is 0 Å². The highest BCUT2D eigenvalue weighted by atomic mass is 16.2. The van der Waals surface area contributed by atoms with E-state index in [2.05, 4.69) is 25.6 Å². The van der Waals surface area contributed by atoms with Crippen LogP contribution in [0, 0.1) is 6.92 Å². The number of carbonyl (C=O) groups excluding carboxylic acids is 3. The summed E-state index contributed by atoms with van der Waals surface area (Å²) in [5.41, 5.74) is 5.05. The van der Waals surface area contributed by atoms with Crippen LogP contribution in [0.1, 0.15) is 22.8 Å². The predicted octanol–water partition coefficient (Wildman–Crippen LogP) is 4.66. The molecule has 0 spiro atoms. The third kappa shape index (κ3) is 4.96. The summed E-state index contributed by atoms with van der Waals surface area (Å²) in [7, 11) is 0. The van der Waals surface area contributed by atoms with E-state index in [0.29, 0.717) is 28.5 Å². The lowest BCUT2D eigenvalue weighted by atomic mass is 10.1. The number of nitrogens with one attached hydrogen (secondary N) is 2. The Bertz CT molecular complexity index is 1550. The summed E-state index contributed by atoms with van der Waals surface area (Å²) >= 11 is 0. The summed E-state index contributed by atoms with van der Waals surface area (Å²) in [4.78, 5) is 51.2. The van der Waals surface area contributed by atoms with Crippen LogP contribution in [-0.4, -0.2) is 32.7 Å². The van der Waals surface area contributed by atoms with E-state index in [1.165, 1.54) is 6.08 Å². The van der Waals surface area contributed by atoms with E-state index >= 15 is 0 Å². The first-order valence-electron chi connectivity index (χ1n) is 11.5. The Morgan fingerprint density at radius 1 is 0.946 bits per heavy atom. The van der Waals surface area contributed by atoms with E-state index in [-0.39, 0.29) is 11.8 Å². The Morgan fingerprint density at radius 2 is 1.76 bits per heavy atom. The number of aromatic nitrogens is 3. The van der Waals surface area contributed by atoms with Gasteiger partial charge in [0, 0.05) is 52.7 Å². The first-order valence-corrected chi connectivity index (χ1v) is 11.5. The summed E-state index contributed by atoms with van der Waals surface area (Å²) in [6.07, 6.45) is 6.41. The standard InChI is InChI=1S/C28H22N6O3/c1-17-5-8-21(15-24(17)33-28-30-13-11-23(32-28)20-4-3-12-29-16-20)31-26(36)19-6-9-22(10-7-19)34-25(35)14-18(2)27(34)37/h3-16H,1-2H3,(H,31,36)(H,30,32,33). The fourth-order valence-corrected chi connectivity index (χ4v) is 3.85. The molecule has 182 valence electrons. The molecule has 5 rings (SSSR count). The van der Waals surface area contributed by atoms with Crippen molar-refractivity contribution in [2.24, 2.45) is 0 Å². The number of imide groups is 1. The van der Waals surface area contributed by atoms with Gasteiger partial charge in [-0.15, -0.1) is 0 Å². The van der Waals surface area contributed by atoms with Crippen molar-refractivity contribution in [3.8, 4) is 11.3 Å². The number of amides is 3. The van der Waals surface area contributed by atoms with Gasteiger partial charge in [0.05, 0.1) is 11.4 Å². The number of nitrogens with zero attached hydrogens (tertiary/aromatic N) is 4. The maximum atomic E-state index is 12.9. The number of rotatable bonds is 6. The Kier molecular flexibility index (Phi) is 6.25. The Labute approximate surface area is 212 Å². The number of aryl methyl sites for hydroxylation is 1. The quantitative estimate of drug-likeness (QED) is 0.378. The minimum Gasteiger partial charge on any atom is -0.324 e. The first-order chi connectivity index (χ1) is 17.9. The fourth-order valence-electron chi connectivity index (χ4n) is 3.85. The molecular formula is C28H22N6O3. The molecule has 0 saturated carbocycles. The summed E-state index contributed by atoms with van der Waals surface area (Å²) in [6.45, 7) is 3.53. The molecule has 3 amide bonds. The van der Waals surface area contributed by atoms with Gasteiger partial charge < -0.3 is 10.6 Å². The molecule has 2 aromatic carbocycles. The van der Waals surface area contributed by atoms with Crippen LogP contribution in [0.5, 0.6) is 0 Å². The molecule has 0 atom stereocenters. The third-order valence-electron chi connectivity index (χ3n) is 5.84. The number of hydrogen-bond acceptors (Lipinski definition) is 7. The number of hydrogen-bond donors (Lipinski definition) is 2. The fraction of sp³-hybridized carbons (Fsp3) is 0.0714. The molecule has 2 aromatic heterocycles. The van der Waals surface area contributed by atoms with E-state index in [1.54, 1.807) is 61.9 Å². The van der Waals surface area contributed by atoms with Crippen molar-refractivity contribution in [2.75, 3.05) is 15.5 Å². The van der Waals surface area contributed by atoms with Crippen molar-refractivity contribution in [3.05, 3.63) is 102 Å².